The number of thioether (sulfide) groups is 1. The molecule has 2 amide bonds. The van der Waals surface area contributed by atoms with Gasteiger partial charge < -0.3 is 15.4 Å². The number of carbonyl (C=O) groups excluding carboxylic acids is 2. The lowest BCUT2D eigenvalue weighted by atomic mass is 10.2. The van der Waals surface area contributed by atoms with E-state index in [0.29, 0.717) is 34.1 Å². The summed E-state index contributed by atoms with van der Waals surface area (Å²) in [6, 6.07) is 31.0. The number of hydrogen-bond donors (Lipinski definition) is 2. The fourth-order valence-electron chi connectivity index (χ4n) is 3.42. The van der Waals surface area contributed by atoms with Crippen LogP contribution in [0.3, 0.4) is 0 Å². The topological polar surface area (TPSA) is 67.4 Å². The van der Waals surface area contributed by atoms with Crippen LogP contribution >= 0.6 is 23.4 Å². The minimum Gasteiger partial charge on any atom is -0.457 e. The molecule has 0 aliphatic carbocycles. The van der Waals surface area contributed by atoms with Crippen molar-refractivity contribution in [3.63, 3.8) is 0 Å². The molecule has 0 bridgehead atoms. The minimum atomic E-state index is -0.302. The van der Waals surface area contributed by atoms with Crippen LogP contribution in [-0.2, 0) is 4.79 Å². The number of carbonyl (C=O) groups is 2. The van der Waals surface area contributed by atoms with Crippen molar-refractivity contribution in [1.82, 2.24) is 0 Å². The number of benzene rings is 4. The Morgan fingerprint density at radius 2 is 1.53 bits per heavy atom. The highest BCUT2D eigenvalue weighted by Crippen LogP contribution is 2.29. The van der Waals surface area contributed by atoms with E-state index in [0.717, 1.165) is 10.6 Å². The SMILES string of the molecule is CCC(Sc1cccc(NC(=O)c2cccc(Cl)c2)c1)C(=O)Nc1ccc(Oc2ccccc2)cc1. The van der Waals surface area contributed by atoms with Gasteiger partial charge in [-0.25, -0.2) is 0 Å². The van der Waals surface area contributed by atoms with E-state index in [-0.39, 0.29) is 17.1 Å². The van der Waals surface area contributed by atoms with Crippen molar-refractivity contribution in [2.75, 3.05) is 10.6 Å². The maximum atomic E-state index is 13.0. The first-order valence-corrected chi connectivity index (χ1v) is 12.7. The van der Waals surface area contributed by atoms with Crippen LogP contribution in [0.15, 0.2) is 108 Å². The number of rotatable bonds is 9. The van der Waals surface area contributed by atoms with Gasteiger partial charge >= 0.3 is 0 Å². The monoisotopic (exact) mass is 516 g/mol. The Balaban J connectivity index is 1.35. The van der Waals surface area contributed by atoms with Gasteiger partial charge in [0.1, 0.15) is 11.5 Å². The Kier molecular flexibility index (Phi) is 8.66. The molecule has 0 fully saturated rings. The highest BCUT2D eigenvalue weighted by atomic mass is 35.5. The predicted molar refractivity (Wildman–Crippen MR) is 147 cm³/mol. The zero-order valence-corrected chi connectivity index (χ0v) is 21.2. The predicted octanol–water partition coefficient (Wildman–Crippen LogP) is 7.89. The van der Waals surface area contributed by atoms with Gasteiger partial charge in [0.05, 0.1) is 5.25 Å². The molecule has 182 valence electrons. The summed E-state index contributed by atoms with van der Waals surface area (Å²) >= 11 is 7.44. The van der Waals surface area contributed by atoms with Gasteiger partial charge in [-0.15, -0.1) is 11.8 Å². The molecule has 1 atom stereocenters. The molecule has 36 heavy (non-hydrogen) atoms. The molecule has 0 spiro atoms. The van der Waals surface area contributed by atoms with E-state index < -0.39 is 0 Å². The van der Waals surface area contributed by atoms with Crippen molar-refractivity contribution >= 4 is 46.6 Å². The molecule has 0 aliphatic heterocycles. The first-order chi connectivity index (χ1) is 17.5. The fraction of sp³-hybridized carbons (Fsp3) is 0.103. The van der Waals surface area contributed by atoms with Crippen LogP contribution in [0.1, 0.15) is 23.7 Å². The van der Waals surface area contributed by atoms with Gasteiger partial charge in [0, 0.05) is 26.9 Å². The standard InChI is InChI=1S/C29H25ClN2O3S/c1-2-27(29(34)31-22-14-16-25(17-15-22)35-24-11-4-3-5-12-24)36-26-13-7-10-23(19-26)32-28(33)20-8-6-9-21(30)18-20/h3-19,27H,2H2,1H3,(H,31,34)(H,32,33). The third kappa shape index (κ3) is 7.13. The number of amides is 2. The van der Waals surface area contributed by atoms with Crippen LogP contribution in [0.4, 0.5) is 11.4 Å². The molecule has 1 unspecified atom stereocenters. The smallest absolute Gasteiger partial charge is 0.255 e. The van der Waals surface area contributed by atoms with Gasteiger partial charge in [-0.1, -0.05) is 48.9 Å². The highest BCUT2D eigenvalue weighted by Gasteiger charge is 2.18. The number of halogens is 1. The average Bonchev–Trinajstić information content (AvgIpc) is 2.89. The Bertz CT molecular complexity index is 1330. The lowest BCUT2D eigenvalue weighted by molar-refractivity contribution is -0.115. The van der Waals surface area contributed by atoms with Gasteiger partial charge in [0.15, 0.2) is 0 Å². The molecule has 0 aliphatic rings. The van der Waals surface area contributed by atoms with Crippen molar-refractivity contribution in [2.45, 2.75) is 23.5 Å². The number of anilines is 2. The zero-order valence-electron chi connectivity index (χ0n) is 19.6. The molecular weight excluding hydrogens is 492 g/mol. The molecule has 7 heteroatoms. The number of para-hydroxylation sites is 1. The maximum Gasteiger partial charge on any atom is 0.255 e. The van der Waals surface area contributed by atoms with E-state index in [9.17, 15) is 9.59 Å². The molecule has 0 radical (unpaired) electrons. The molecular formula is C29H25ClN2O3S. The van der Waals surface area contributed by atoms with Crippen LogP contribution < -0.4 is 15.4 Å². The van der Waals surface area contributed by atoms with E-state index in [1.54, 1.807) is 24.3 Å². The molecule has 4 rings (SSSR count). The summed E-state index contributed by atoms with van der Waals surface area (Å²) in [4.78, 5) is 26.4. The summed E-state index contributed by atoms with van der Waals surface area (Å²) in [6.07, 6.45) is 0.644. The fourth-order valence-corrected chi connectivity index (χ4v) is 4.62. The van der Waals surface area contributed by atoms with E-state index >= 15 is 0 Å². The Hall–Kier alpha value is -3.74. The molecule has 4 aromatic carbocycles. The molecule has 0 saturated heterocycles. The average molecular weight is 517 g/mol. The summed E-state index contributed by atoms with van der Waals surface area (Å²) in [5.74, 6) is 1.11. The largest absolute Gasteiger partial charge is 0.457 e. The van der Waals surface area contributed by atoms with Crippen molar-refractivity contribution in [3.05, 3.63) is 114 Å². The summed E-state index contributed by atoms with van der Waals surface area (Å²) in [5, 5.41) is 6.07. The third-order valence-electron chi connectivity index (χ3n) is 5.22. The quantitative estimate of drug-likeness (QED) is 0.222. The van der Waals surface area contributed by atoms with Crippen LogP contribution in [0.5, 0.6) is 11.5 Å². The molecule has 0 aromatic heterocycles. The Labute approximate surface area is 219 Å². The lowest BCUT2D eigenvalue weighted by Gasteiger charge is -2.16. The normalized spacial score (nSPS) is 11.4. The molecule has 0 saturated carbocycles. The van der Waals surface area contributed by atoms with Crippen molar-refractivity contribution < 1.29 is 14.3 Å². The minimum absolute atomic E-state index is 0.0902. The van der Waals surface area contributed by atoms with Gasteiger partial charge in [-0.05, 0) is 79.2 Å². The van der Waals surface area contributed by atoms with E-state index in [2.05, 4.69) is 10.6 Å². The highest BCUT2D eigenvalue weighted by molar-refractivity contribution is 8.00. The molecule has 5 nitrogen and oxygen atoms in total. The summed E-state index contributed by atoms with van der Waals surface area (Å²) in [6.45, 7) is 1.97. The van der Waals surface area contributed by atoms with E-state index in [1.807, 2.05) is 85.8 Å². The second-order valence-electron chi connectivity index (χ2n) is 7.94. The van der Waals surface area contributed by atoms with E-state index in [4.69, 9.17) is 16.3 Å². The maximum absolute atomic E-state index is 13.0. The molecule has 0 heterocycles. The summed E-state index contributed by atoms with van der Waals surface area (Å²) in [5.41, 5.74) is 1.82. The number of ether oxygens (including phenoxy) is 1. The molecule has 2 N–H and O–H groups in total. The molecule has 4 aromatic rings. The first kappa shape index (κ1) is 25.4. The van der Waals surface area contributed by atoms with Gasteiger partial charge in [0.25, 0.3) is 5.91 Å². The van der Waals surface area contributed by atoms with Crippen molar-refractivity contribution in [3.8, 4) is 11.5 Å². The second-order valence-corrected chi connectivity index (χ2v) is 9.65. The van der Waals surface area contributed by atoms with Gasteiger partial charge in [0.2, 0.25) is 5.91 Å². The Morgan fingerprint density at radius 1 is 0.806 bits per heavy atom. The van der Waals surface area contributed by atoms with Crippen LogP contribution in [0.2, 0.25) is 5.02 Å². The van der Waals surface area contributed by atoms with Crippen LogP contribution in [-0.4, -0.2) is 17.1 Å². The summed E-state index contributed by atoms with van der Waals surface area (Å²) in [7, 11) is 0. The first-order valence-electron chi connectivity index (χ1n) is 11.5. The van der Waals surface area contributed by atoms with E-state index in [1.165, 1.54) is 11.8 Å². The summed E-state index contributed by atoms with van der Waals surface area (Å²) < 4.78 is 5.81. The Morgan fingerprint density at radius 3 is 2.25 bits per heavy atom. The van der Waals surface area contributed by atoms with Crippen molar-refractivity contribution in [1.29, 1.82) is 0 Å². The number of hydrogen-bond acceptors (Lipinski definition) is 4. The second kappa shape index (κ2) is 12.3. The van der Waals surface area contributed by atoms with Gasteiger partial charge in [-0.3, -0.25) is 9.59 Å². The van der Waals surface area contributed by atoms with Crippen LogP contribution in [0, 0.1) is 0 Å². The zero-order chi connectivity index (χ0) is 25.3. The number of nitrogens with one attached hydrogen (secondary N) is 2. The third-order valence-corrected chi connectivity index (χ3v) is 6.81. The lowest BCUT2D eigenvalue weighted by Crippen LogP contribution is -2.24. The van der Waals surface area contributed by atoms with Crippen molar-refractivity contribution in [2.24, 2.45) is 0 Å². The van der Waals surface area contributed by atoms with Crippen LogP contribution in [0.25, 0.3) is 0 Å². The van der Waals surface area contributed by atoms with Gasteiger partial charge in [-0.2, -0.15) is 0 Å².